The van der Waals surface area contributed by atoms with E-state index in [0.29, 0.717) is 0 Å². The Bertz CT molecular complexity index is 455. The van der Waals surface area contributed by atoms with Crippen LogP contribution in [0.4, 0.5) is 5.69 Å². The van der Waals surface area contributed by atoms with Gasteiger partial charge in [-0.1, -0.05) is 12.1 Å². The number of rotatable bonds is 5. The van der Waals surface area contributed by atoms with Gasteiger partial charge in [0.2, 0.25) is 5.91 Å². The fourth-order valence-electron chi connectivity index (χ4n) is 1.61. The van der Waals surface area contributed by atoms with Crippen molar-refractivity contribution in [2.24, 2.45) is 0 Å². The summed E-state index contributed by atoms with van der Waals surface area (Å²) in [5.41, 5.74) is 2.60. The first kappa shape index (κ1) is 15.7. The number of aliphatic hydroxyl groups is 1. The molecule has 0 aromatic heterocycles. The molecule has 0 aliphatic rings. The van der Waals surface area contributed by atoms with Crippen molar-refractivity contribution >= 4 is 11.6 Å². The molecule has 0 atom stereocenters. The summed E-state index contributed by atoms with van der Waals surface area (Å²) in [7, 11) is 1.83. The molecule has 0 saturated heterocycles. The average molecular weight is 264 g/mol. The maximum atomic E-state index is 12.0. The number of amides is 1. The predicted octanol–water partition coefficient (Wildman–Crippen LogP) is 1.94. The third-order valence-corrected chi connectivity index (χ3v) is 3.47. The first-order valence-electron chi connectivity index (χ1n) is 6.45. The molecule has 1 amide bonds. The molecule has 0 radical (unpaired) electrons. The van der Waals surface area contributed by atoms with Crippen molar-refractivity contribution in [1.29, 1.82) is 0 Å². The van der Waals surface area contributed by atoms with E-state index in [1.54, 1.807) is 0 Å². The SMILES string of the molecule is Cc1ccc(C)c(NC(=O)CN(C)C(C)(C)CO)c1. The van der Waals surface area contributed by atoms with Crippen molar-refractivity contribution in [3.63, 3.8) is 0 Å². The van der Waals surface area contributed by atoms with E-state index in [1.165, 1.54) is 0 Å². The van der Waals surface area contributed by atoms with Crippen molar-refractivity contribution in [3.8, 4) is 0 Å². The van der Waals surface area contributed by atoms with Crippen molar-refractivity contribution < 1.29 is 9.90 Å². The third-order valence-electron chi connectivity index (χ3n) is 3.47. The van der Waals surface area contributed by atoms with Gasteiger partial charge in [0.05, 0.1) is 13.2 Å². The lowest BCUT2D eigenvalue weighted by atomic mass is 10.1. The number of carbonyl (C=O) groups is 1. The highest BCUT2D eigenvalue weighted by Gasteiger charge is 2.24. The highest BCUT2D eigenvalue weighted by atomic mass is 16.3. The molecule has 4 nitrogen and oxygen atoms in total. The molecule has 1 rings (SSSR count). The van der Waals surface area contributed by atoms with E-state index < -0.39 is 5.54 Å². The van der Waals surface area contributed by atoms with Crippen LogP contribution in [0.25, 0.3) is 0 Å². The van der Waals surface area contributed by atoms with Gasteiger partial charge in [0, 0.05) is 11.2 Å². The van der Waals surface area contributed by atoms with Gasteiger partial charge < -0.3 is 10.4 Å². The maximum Gasteiger partial charge on any atom is 0.238 e. The molecule has 0 aliphatic heterocycles. The summed E-state index contributed by atoms with van der Waals surface area (Å²) in [4.78, 5) is 13.9. The molecular weight excluding hydrogens is 240 g/mol. The zero-order valence-electron chi connectivity index (χ0n) is 12.4. The molecule has 0 saturated carbocycles. The van der Waals surface area contributed by atoms with Crippen molar-refractivity contribution in [2.45, 2.75) is 33.2 Å². The molecule has 1 aromatic carbocycles. The van der Waals surface area contributed by atoms with Gasteiger partial charge in [0.1, 0.15) is 0 Å². The van der Waals surface area contributed by atoms with Crippen LogP contribution < -0.4 is 5.32 Å². The minimum atomic E-state index is -0.404. The summed E-state index contributed by atoms with van der Waals surface area (Å²) >= 11 is 0. The Hall–Kier alpha value is -1.39. The number of aryl methyl sites for hydroxylation is 2. The summed E-state index contributed by atoms with van der Waals surface area (Å²) in [6.45, 7) is 8.03. The van der Waals surface area contributed by atoms with Crippen LogP contribution in [0.15, 0.2) is 18.2 Å². The lowest BCUT2D eigenvalue weighted by Crippen LogP contribution is -2.47. The van der Waals surface area contributed by atoms with Crippen LogP contribution in [0.2, 0.25) is 0 Å². The minimum absolute atomic E-state index is 0.0141. The predicted molar refractivity (Wildman–Crippen MR) is 78.3 cm³/mol. The van der Waals surface area contributed by atoms with Crippen LogP contribution in [0.1, 0.15) is 25.0 Å². The summed E-state index contributed by atoms with van der Waals surface area (Å²) in [5, 5.41) is 12.2. The van der Waals surface area contributed by atoms with E-state index in [-0.39, 0.29) is 19.1 Å². The Morgan fingerprint density at radius 1 is 1.37 bits per heavy atom. The summed E-state index contributed by atoms with van der Waals surface area (Å²) in [6.07, 6.45) is 0. The molecule has 0 aliphatic carbocycles. The second-order valence-electron chi connectivity index (χ2n) is 5.69. The van der Waals surface area contributed by atoms with Gasteiger partial charge in [0.15, 0.2) is 0 Å². The Kier molecular flexibility index (Phi) is 5.09. The molecule has 0 spiro atoms. The standard InChI is InChI=1S/C15H24N2O2/c1-11-6-7-12(2)13(8-11)16-14(19)9-17(5)15(3,4)10-18/h6-8,18H,9-10H2,1-5H3,(H,16,19). The van der Waals surface area contributed by atoms with Gasteiger partial charge in [-0.15, -0.1) is 0 Å². The normalized spacial score (nSPS) is 11.7. The first-order valence-corrected chi connectivity index (χ1v) is 6.45. The number of nitrogens with zero attached hydrogens (tertiary/aromatic N) is 1. The molecule has 106 valence electrons. The lowest BCUT2D eigenvalue weighted by molar-refractivity contribution is -0.118. The van der Waals surface area contributed by atoms with E-state index in [1.807, 2.05) is 57.8 Å². The van der Waals surface area contributed by atoms with Crippen LogP contribution in [0.3, 0.4) is 0 Å². The van der Waals surface area contributed by atoms with Gasteiger partial charge in [-0.05, 0) is 51.9 Å². The molecule has 4 heteroatoms. The molecule has 1 aromatic rings. The van der Waals surface area contributed by atoms with Gasteiger partial charge in [0.25, 0.3) is 0 Å². The quantitative estimate of drug-likeness (QED) is 0.854. The number of carbonyl (C=O) groups excluding carboxylic acids is 1. The van der Waals surface area contributed by atoms with Crippen LogP contribution in [0, 0.1) is 13.8 Å². The van der Waals surface area contributed by atoms with E-state index in [4.69, 9.17) is 0 Å². The number of benzene rings is 1. The Balaban J connectivity index is 2.68. The van der Waals surface area contributed by atoms with Gasteiger partial charge >= 0.3 is 0 Å². The topological polar surface area (TPSA) is 52.6 Å². The Labute approximate surface area is 115 Å². The van der Waals surface area contributed by atoms with Crippen LogP contribution >= 0.6 is 0 Å². The molecule has 2 N–H and O–H groups in total. The summed E-state index contributed by atoms with van der Waals surface area (Å²) in [6, 6.07) is 5.97. The van der Waals surface area contributed by atoms with E-state index >= 15 is 0 Å². The van der Waals surface area contributed by atoms with Gasteiger partial charge in [-0.25, -0.2) is 0 Å². The minimum Gasteiger partial charge on any atom is -0.394 e. The van der Waals surface area contributed by atoms with Gasteiger partial charge in [-0.2, -0.15) is 0 Å². The average Bonchev–Trinajstić information content (AvgIpc) is 2.33. The lowest BCUT2D eigenvalue weighted by Gasteiger charge is -2.33. The molecule has 0 fully saturated rings. The van der Waals surface area contributed by atoms with E-state index in [2.05, 4.69) is 5.32 Å². The summed E-state index contributed by atoms with van der Waals surface area (Å²) in [5.74, 6) is -0.0716. The Morgan fingerprint density at radius 2 is 2.00 bits per heavy atom. The molecule has 19 heavy (non-hydrogen) atoms. The third kappa shape index (κ3) is 4.33. The van der Waals surface area contributed by atoms with Crippen molar-refractivity contribution in [2.75, 3.05) is 25.5 Å². The molecule has 0 heterocycles. The fraction of sp³-hybridized carbons (Fsp3) is 0.533. The maximum absolute atomic E-state index is 12.0. The van der Waals surface area contributed by atoms with E-state index in [9.17, 15) is 9.90 Å². The molecule has 0 unspecified atom stereocenters. The number of anilines is 1. The van der Waals surface area contributed by atoms with Crippen molar-refractivity contribution in [1.82, 2.24) is 4.90 Å². The molecular formula is C15H24N2O2. The Morgan fingerprint density at radius 3 is 2.58 bits per heavy atom. The van der Waals surface area contributed by atoms with E-state index in [0.717, 1.165) is 16.8 Å². The summed E-state index contributed by atoms with van der Waals surface area (Å²) < 4.78 is 0. The van der Waals surface area contributed by atoms with Gasteiger partial charge in [-0.3, -0.25) is 9.69 Å². The van der Waals surface area contributed by atoms with Crippen LogP contribution in [0.5, 0.6) is 0 Å². The smallest absolute Gasteiger partial charge is 0.238 e. The second kappa shape index (κ2) is 6.17. The first-order chi connectivity index (χ1) is 8.76. The molecule has 0 bridgehead atoms. The van der Waals surface area contributed by atoms with Crippen LogP contribution in [-0.4, -0.2) is 41.7 Å². The number of nitrogens with one attached hydrogen (secondary N) is 1. The zero-order chi connectivity index (χ0) is 14.6. The highest BCUT2D eigenvalue weighted by Crippen LogP contribution is 2.17. The highest BCUT2D eigenvalue weighted by molar-refractivity contribution is 5.93. The number of likely N-dealkylation sites (N-methyl/N-ethyl adjacent to an activating group) is 1. The zero-order valence-corrected chi connectivity index (χ0v) is 12.4. The number of hydrogen-bond donors (Lipinski definition) is 2. The van der Waals surface area contributed by atoms with Crippen molar-refractivity contribution in [3.05, 3.63) is 29.3 Å². The largest absolute Gasteiger partial charge is 0.394 e. The second-order valence-corrected chi connectivity index (χ2v) is 5.69. The van der Waals surface area contributed by atoms with Crippen LogP contribution in [-0.2, 0) is 4.79 Å². The fourth-order valence-corrected chi connectivity index (χ4v) is 1.61. The monoisotopic (exact) mass is 264 g/mol. The number of aliphatic hydroxyl groups excluding tert-OH is 1. The number of hydrogen-bond acceptors (Lipinski definition) is 3.